The van der Waals surface area contributed by atoms with Crippen molar-refractivity contribution in [2.75, 3.05) is 5.73 Å². The zero-order valence-corrected chi connectivity index (χ0v) is 8.01. The van der Waals surface area contributed by atoms with Crippen LogP contribution in [-0.4, -0.2) is 4.98 Å². The molecule has 0 aliphatic heterocycles. The summed E-state index contributed by atoms with van der Waals surface area (Å²) in [5, 5.41) is 8.81. The maximum absolute atomic E-state index is 8.81. The largest absolute Gasteiger partial charge is 0.399 e. The molecular weight excluding hydrogens is 186 g/mol. The van der Waals surface area contributed by atoms with Gasteiger partial charge in [-0.2, -0.15) is 5.26 Å². The summed E-state index contributed by atoms with van der Waals surface area (Å²) in [5.41, 5.74) is 8.73. The monoisotopic (exact) mass is 195 g/mol. The predicted octanol–water partition coefficient (Wildman–Crippen LogP) is 2.20. The van der Waals surface area contributed by atoms with Gasteiger partial charge in [-0.3, -0.25) is 4.98 Å². The summed E-state index contributed by atoms with van der Waals surface area (Å²) in [6, 6.07) is 11.1. The Kier molecular flexibility index (Phi) is 2.34. The van der Waals surface area contributed by atoms with Crippen LogP contribution < -0.4 is 5.73 Å². The minimum absolute atomic E-state index is 0.564. The Labute approximate surface area is 87.8 Å². The molecule has 72 valence electrons. The van der Waals surface area contributed by atoms with Crippen molar-refractivity contribution in [3.05, 3.63) is 48.3 Å². The highest BCUT2D eigenvalue weighted by Crippen LogP contribution is 2.22. The fraction of sp³-hybridized carbons (Fsp3) is 0. The van der Waals surface area contributed by atoms with Crippen LogP contribution in [0.15, 0.2) is 42.7 Å². The zero-order valence-electron chi connectivity index (χ0n) is 8.01. The van der Waals surface area contributed by atoms with E-state index in [-0.39, 0.29) is 0 Å². The summed E-state index contributed by atoms with van der Waals surface area (Å²) < 4.78 is 0. The minimum atomic E-state index is 0.564. The van der Waals surface area contributed by atoms with Crippen LogP contribution in [0, 0.1) is 11.3 Å². The number of nitrogens with zero attached hydrogens (tertiary/aromatic N) is 2. The van der Waals surface area contributed by atoms with Crippen LogP contribution in [0.2, 0.25) is 0 Å². The van der Waals surface area contributed by atoms with Crippen molar-refractivity contribution in [2.45, 2.75) is 0 Å². The molecule has 3 nitrogen and oxygen atoms in total. The summed E-state index contributed by atoms with van der Waals surface area (Å²) in [7, 11) is 0. The van der Waals surface area contributed by atoms with Gasteiger partial charge in [-0.1, -0.05) is 6.07 Å². The number of pyridine rings is 1. The number of nitrogen functional groups attached to an aromatic ring is 1. The van der Waals surface area contributed by atoms with E-state index in [2.05, 4.69) is 11.1 Å². The van der Waals surface area contributed by atoms with Crippen molar-refractivity contribution >= 4 is 5.69 Å². The fourth-order valence-electron chi connectivity index (χ4n) is 1.42. The summed E-state index contributed by atoms with van der Waals surface area (Å²) in [5.74, 6) is 0. The molecule has 1 heterocycles. The summed E-state index contributed by atoms with van der Waals surface area (Å²) in [6.45, 7) is 0. The molecule has 0 aliphatic rings. The third kappa shape index (κ3) is 1.94. The van der Waals surface area contributed by atoms with Gasteiger partial charge in [-0.15, -0.1) is 0 Å². The quantitative estimate of drug-likeness (QED) is 0.709. The first-order chi connectivity index (χ1) is 7.29. The van der Waals surface area contributed by atoms with E-state index in [0.29, 0.717) is 11.3 Å². The Morgan fingerprint density at radius 3 is 2.73 bits per heavy atom. The second-order valence-corrected chi connectivity index (χ2v) is 3.20. The first kappa shape index (κ1) is 9.22. The number of nitriles is 1. The van der Waals surface area contributed by atoms with Crippen molar-refractivity contribution in [3.63, 3.8) is 0 Å². The molecule has 2 aromatic rings. The molecule has 0 spiro atoms. The van der Waals surface area contributed by atoms with E-state index < -0.39 is 0 Å². The number of nitrogens with two attached hydrogens (primary N) is 1. The molecule has 2 N–H and O–H groups in total. The standard InChI is InChI=1S/C12H9N3/c13-7-9-4-11(6-12(14)5-9)10-2-1-3-15-8-10/h1-6,8H,14H2. The van der Waals surface area contributed by atoms with Crippen molar-refractivity contribution in [1.29, 1.82) is 5.26 Å². The molecule has 0 unspecified atom stereocenters. The van der Waals surface area contributed by atoms with Crippen LogP contribution in [0.5, 0.6) is 0 Å². The molecule has 2 rings (SSSR count). The van der Waals surface area contributed by atoms with Gasteiger partial charge in [0.1, 0.15) is 0 Å². The normalized spacial score (nSPS) is 9.53. The Hall–Kier alpha value is -2.34. The van der Waals surface area contributed by atoms with E-state index in [4.69, 9.17) is 11.0 Å². The van der Waals surface area contributed by atoms with Gasteiger partial charge >= 0.3 is 0 Å². The smallest absolute Gasteiger partial charge is 0.0992 e. The molecule has 15 heavy (non-hydrogen) atoms. The Morgan fingerprint density at radius 2 is 2.07 bits per heavy atom. The van der Waals surface area contributed by atoms with Crippen molar-refractivity contribution in [1.82, 2.24) is 4.98 Å². The molecule has 1 aromatic carbocycles. The van der Waals surface area contributed by atoms with E-state index in [9.17, 15) is 0 Å². The lowest BCUT2D eigenvalue weighted by molar-refractivity contribution is 1.33. The van der Waals surface area contributed by atoms with Crippen LogP contribution in [0.1, 0.15) is 5.56 Å². The Balaban J connectivity index is 2.55. The number of anilines is 1. The highest BCUT2D eigenvalue weighted by Gasteiger charge is 2.00. The number of benzene rings is 1. The third-order valence-electron chi connectivity index (χ3n) is 2.08. The van der Waals surface area contributed by atoms with Crippen LogP contribution in [0.4, 0.5) is 5.69 Å². The van der Waals surface area contributed by atoms with Crippen LogP contribution >= 0.6 is 0 Å². The van der Waals surface area contributed by atoms with Gasteiger partial charge in [0.05, 0.1) is 11.6 Å². The average Bonchev–Trinajstić information content (AvgIpc) is 2.29. The third-order valence-corrected chi connectivity index (χ3v) is 2.08. The molecule has 0 saturated heterocycles. The highest BCUT2D eigenvalue weighted by atomic mass is 14.6. The number of rotatable bonds is 1. The molecular formula is C12H9N3. The number of hydrogen-bond donors (Lipinski definition) is 1. The fourth-order valence-corrected chi connectivity index (χ4v) is 1.42. The maximum Gasteiger partial charge on any atom is 0.0992 e. The van der Waals surface area contributed by atoms with Gasteiger partial charge < -0.3 is 5.73 Å². The van der Waals surface area contributed by atoms with Crippen molar-refractivity contribution in [2.24, 2.45) is 0 Å². The second kappa shape index (κ2) is 3.81. The van der Waals surface area contributed by atoms with Gasteiger partial charge in [-0.05, 0) is 29.8 Å². The maximum atomic E-state index is 8.81. The summed E-state index contributed by atoms with van der Waals surface area (Å²) >= 11 is 0. The first-order valence-electron chi connectivity index (χ1n) is 4.50. The molecule has 3 heteroatoms. The first-order valence-corrected chi connectivity index (χ1v) is 4.50. The van der Waals surface area contributed by atoms with Crippen LogP contribution in [0.3, 0.4) is 0 Å². The zero-order chi connectivity index (χ0) is 10.7. The lowest BCUT2D eigenvalue weighted by Crippen LogP contribution is -1.88. The Morgan fingerprint density at radius 1 is 1.20 bits per heavy atom. The Bertz CT molecular complexity index is 512. The molecule has 0 amide bonds. The molecule has 0 atom stereocenters. The van der Waals surface area contributed by atoms with Gasteiger partial charge in [-0.25, -0.2) is 0 Å². The van der Waals surface area contributed by atoms with Gasteiger partial charge in [0.2, 0.25) is 0 Å². The number of hydrogen-bond acceptors (Lipinski definition) is 3. The molecule has 0 radical (unpaired) electrons. The lowest BCUT2D eigenvalue weighted by atomic mass is 10.0. The number of aromatic nitrogens is 1. The molecule has 0 bridgehead atoms. The molecule has 1 aromatic heterocycles. The van der Waals surface area contributed by atoms with E-state index in [1.165, 1.54) is 0 Å². The van der Waals surface area contributed by atoms with Crippen molar-refractivity contribution < 1.29 is 0 Å². The average molecular weight is 195 g/mol. The van der Waals surface area contributed by atoms with Crippen LogP contribution in [0.25, 0.3) is 11.1 Å². The van der Waals surface area contributed by atoms with E-state index in [0.717, 1.165) is 11.1 Å². The van der Waals surface area contributed by atoms with E-state index in [1.807, 2.05) is 18.2 Å². The van der Waals surface area contributed by atoms with Gasteiger partial charge in [0, 0.05) is 23.6 Å². The van der Waals surface area contributed by atoms with Gasteiger partial charge in [0.25, 0.3) is 0 Å². The molecule has 0 aliphatic carbocycles. The highest BCUT2D eigenvalue weighted by molar-refractivity contribution is 5.68. The lowest BCUT2D eigenvalue weighted by Gasteiger charge is -2.02. The van der Waals surface area contributed by atoms with Crippen LogP contribution in [-0.2, 0) is 0 Å². The second-order valence-electron chi connectivity index (χ2n) is 3.20. The van der Waals surface area contributed by atoms with E-state index >= 15 is 0 Å². The minimum Gasteiger partial charge on any atom is -0.399 e. The van der Waals surface area contributed by atoms with E-state index in [1.54, 1.807) is 24.5 Å². The SMILES string of the molecule is N#Cc1cc(N)cc(-c2cccnc2)c1. The van der Waals surface area contributed by atoms with Gasteiger partial charge in [0.15, 0.2) is 0 Å². The predicted molar refractivity (Wildman–Crippen MR) is 58.8 cm³/mol. The molecule has 0 saturated carbocycles. The summed E-state index contributed by atoms with van der Waals surface area (Å²) in [6.07, 6.45) is 3.46. The molecule has 0 fully saturated rings. The topological polar surface area (TPSA) is 62.7 Å². The van der Waals surface area contributed by atoms with Crippen molar-refractivity contribution in [3.8, 4) is 17.2 Å². The summed E-state index contributed by atoms with van der Waals surface area (Å²) in [4.78, 5) is 4.02.